The van der Waals surface area contributed by atoms with Crippen LogP contribution in [0.15, 0.2) is 24.3 Å². The van der Waals surface area contributed by atoms with Gasteiger partial charge in [0.15, 0.2) is 0 Å². The molecule has 0 spiro atoms. The van der Waals surface area contributed by atoms with Crippen molar-refractivity contribution < 1.29 is 19.4 Å². The second-order valence-corrected chi connectivity index (χ2v) is 4.81. The molecule has 1 amide bonds. The van der Waals surface area contributed by atoms with Crippen molar-refractivity contribution in [3.63, 3.8) is 0 Å². The Labute approximate surface area is 117 Å². The average Bonchev–Trinajstić information content (AvgIpc) is 2.46. The molecule has 20 heavy (non-hydrogen) atoms. The average molecular weight is 278 g/mol. The zero-order valence-corrected chi connectivity index (χ0v) is 11.6. The molecule has 1 aliphatic rings. The van der Waals surface area contributed by atoms with Crippen LogP contribution in [0.2, 0.25) is 0 Å². The van der Waals surface area contributed by atoms with Crippen molar-refractivity contribution in [1.29, 1.82) is 0 Å². The number of carboxylic acid groups (broad SMARTS) is 1. The van der Waals surface area contributed by atoms with Crippen molar-refractivity contribution in [3.8, 4) is 0 Å². The minimum Gasteiger partial charge on any atom is -0.465 e. The quantitative estimate of drug-likeness (QED) is 0.833. The molecule has 1 fully saturated rings. The highest BCUT2D eigenvalue weighted by molar-refractivity contribution is 5.89. The third-order valence-corrected chi connectivity index (χ3v) is 3.52. The minimum atomic E-state index is -0.877. The number of nitrogens with zero attached hydrogens (tertiary/aromatic N) is 2. The third-order valence-electron chi connectivity index (χ3n) is 3.52. The fraction of sp³-hybridized carbons (Fsp3) is 0.429. The Morgan fingerprint density at radius 1 is 1.25 bits per heavy atom. The Kier molecular flexibility index (Phi) is 4.12. The highest BCUT2D eigenvalue weighted by Crippen LogP contribution is 2.21. The van der Waals surface area contributed by atoms with Crippen molar-refractivity contribution in [2.24, 2.45) is 0 Å². The van der Waals surface area contributed by atoms with Gasteiger partial charge in [0.25, 0.3) is 0 Å². The van der Waals surface area contributed by atoms with E-state index in [0.717, 1.165) is 5.69 Å². The molecule has 1 heterocycles. The van der Waals surface area contributed by atoms with E-state index in [1.54, 1.807) is 12.1 Å². The first-order valence-corrected chi connectivity index (χ1v) is 6.46. The summed E-state index contributed by atoms with van der Waals surface area (Å²) >= 11 is 0. The van der Waals surface area contributed by atoms with Crippen LogP contribution in [0.4, 0.5) is 10.5 Å². The van der Waals surface area contributed by atoms with Crippen molar-refractivity contribution in [3.05, 3.63) is 29.8 Å². The first kappa shape index (κ1) is 14.2. The number of hydrogen-bond acceptors (Lipinski definition) is 4. The maximum atomic E-state index is 11.4. The summed E-state index contributed by atoms with van der Waals surface area (Å²) in [7, 11) is 1.35. The number of carbonyl (C=O) groups excluding carboxylic acids is 1. The minimum absolute atomic E-state index is 0.101. The lowest BCUT2D eigenvalue weighted by molar-refractivity contribution is 0.0600. The lowest BCUT2D eigenvalue weighted by atomic mass is 10.1. The predicted molar refractivity (Wildman–Crippen MR) is 74.2 cm³/mol. The molecule has 6 nitrogen and oxygen atoms in total. The zero-order valence-electron chi connectivity index (χ0n) is 11.6. The normalized spacial score (nSPS) is 18.8. The van der Waals surface area contributed by atoms with Crippen molar-refractivity contribution in [1.82, 2.24) is 4.90 Å². The van der Waals surface area contributed by atoms with E-state index >= 15 is 0 Å². The molecule has 1 aliphatic heterocycles. The molecular weight excluding hydrogens is 260 g/mol. The number of piperazine rings is 1. The summed E-state index contributed by atoms with van der Waals surface area (Å²) in [4.78, 5) is 25.9. The number of methoxy groups -OCH3 is 1. The molecule has 108 valence electrons. The van der Waals surface area contributed by atoms with Crippen LogP contribution in [-0.2, 0) is 4.74 Å². The highest BCUT2D eigenvalue weighted by atomic mass is 16.5. The smallest absolute Gasteiger partial charge is 0.407 e. The Morgan fingerprint density at radius 2 is 1.90 bits per heavy atom. The fourth-order valence-electron chi connectivity index (χ4n) is 2.42. The van der Waals surface area contributed by atoms with Gasteiger partial charge in [-0.3, -0.25) is 0 Å². The van der Waals surface area contributed by atoms with Crippen LogP contribution in [-0.4, -0.2) is 54.9 Å². The highest BCUT2D eigenvalue weighted by Gasteiger charge is 2.26. The zero-order chi connectivity index (χ0) is 14.7. The van der Waals surface area contributed by atoms with Gasteiger partial charge in [-0.1, -0.05) is 0 Å². The Balaban J connectivity index is 2.09. The maximum Gasteiger partial charge on any atom is 0.407 e. The SMILES string of the molecule is COC(=O)c1ccc(N2CCN(C(=O)O)C[C@H]2C)cc1. The summed E-state index contributed by atoms with van der Waals surface area (Å²) in [5.41, 5.74) is 1.49. The van der Waals surface area contributed by atoms with Crippen LogP contribution in [0.25, 0.3) is 0 Å². The first-order valence-electron chi connectivity index (χ1n) is 6.46. The van der Waals surface area contributed by atoms with Crippen molar-refractivity contribution >= 4 is 17.7 Å². The fourth-order valence-corrected chi connectivity index (χ4v) is 2.42. The number of amides is 1. The number of benzene rings is 1. The van der Waals surface area contributed by atoms with E-state index in [1.807, 2.05) is 19.1 Å². The second kappa shape index (κ2) is 5.81. The van der Waals surface area contributed by atoms with E-state index in [4.69, 9.17) is 5.11 Å². The summed E-state index contributed by atoms with van der Waals surface area (Å²) in [6.07, 6.45) is -0.877. The standard InChI is InChI=1S/C14H18N2O4/c1-10-9-15(14(18)19)7-8-16(10)12-5-3-11(4-6-12)13(17)20-2/h3-6,10H,7-9H2,1-2H3,(H,18,19)/t10-/m1/s1. The van der Waals surface area contributed by atoms with Gasteiger partial charge in [-0.05, 0) is 31.2 Å². The summed E-state index contributed by atoms with van der Waals surface area (Å²) in [5, 5.41) is 8.99. The molecular formula is C14H18N2O4. The Hall–Kier alpha value is -2.24. The molecule has 0 bridgehead atoms. The van der Waals surface area contributed by atoms with Gasteiger partial charge in [0.2, 0.25) is 0 Å². The van der Waals surface area contributed by atoms with Crippen molar-refractivity contribution in [2.45, 2.75) is 13.0 Å². The van der Waals surface area contributed by atoms with Gasteiger partial charge in [0.05, 0.1) is 12.7 Å². The van der Waals surface area contributed by atoms with E-state index in [2.05, 4.69) is 9.64 Å². The number of anilines is 1. The van der Waals surface area contributed by atoms with E-state index in [1.165, 1.54) is 12.0 Å². The summed E-state index contributed by atoms with van der Waals surface area (Å²) in [6.45, 7) is 3.60. The van der Waals surface area contributed by atoms with Gasteiger partial charge in [-0.25, -0.2) is 9.59 Å². The van der Waals surface area contributed by atoms with Gasteiger partial charge >= 0.3 is 12.1 Å². The molecule has 1 aromatic carbocycles. The van der Waals surface area contributed by atoms with Gasteiger partial charge in [0.1, 0.15) is 0 Å². The largest absolute Gasteiger partial charge is 0.465 e. The molecule has 6 heteroatoms. The molecule has 0 radical (unpaired) electrons. The number of esters is 1. The summed E-state index contributed by atoms with van der Waals surface area (Å²) in [5.74, 6) is -0.361. The van der Waals surface area contributed by atoms with Crippen LogP contribution in [0.5, 0.6) is 0 Å². The molecule has 1 saturated heterocycles. The summed E-state index contributed by atoms with van der Waals surface area (Å²) < 4.78 is 4.66. The van der Waals surface area contributed by atoms with E-state index in [9.17, 15) is 9.59 Å². The monoisotopic (exact) mass is 278 g/mol. The lowest BCUT2D eigenvalue weighted by Crippen LogP contribution is -2.53. The Bertz CT molecular complexity index is 500. The second-order valence-electron chi connectivity index (χ2n) is 4.81. The van der Waals surface area contributed by atoms with E-state index < -0.39 is 6.09 Å². The molecule has 0 unspecified atom stereocenters. The van der Waals surface area contributed by atoms with Crippen LogP contribution in [0, 0.1) is 0 Å². The van der Waals surface area contributed by atoms with Crippen molar-refractivity contribution in [2.75, 3.05) is 31.6 Å². The number of ether oxygens (including phenoxy) is 1. The van der Waals surface area contributed by atoms with E-state index in [0.29, 0.717) is 25.2 Å². The molecule has 0 aliphatic carbocycles. The van der Waals surface area contributed by atoms with Gasteiger partial charge in [-0.15, -0.1) is 0 Å². The molecule has 1 N–H and O–H groups in total. The molecule has 0 aromatic heterocycles. The third kappa shape index (κ3) is 2.84. The predicted octanol–water partition coefficient (Wildman–Crippen LogP) is 1.66. The van der Waals surface area contributed by atoms with E-state index in [-0.39, 0.29) is 12.0 Å². The van der Waals surface area contributed by atoms with Crippen LogP contribution in [0.1, 0.15) is 17.3 Å². The number of hydrogen-bond donors (Lipinski definition) is 1. The molecule has 1 aromatic rings. The topological polar surface area (TPSA) is 70.1 Å². The molecule has 1 atom stereocenters. The number of rotatable bonds is 2. The lowest BCUT2D eigenvalue weighted by Gasteiger charge is -2.40. The molecule has 2 rings (SSSR count). The van der Waals surface area contributed by atoms with Crippen LogP contribution >= 0.6 is 0 Å². The van der Waals surface area contributed by atoms with Crippen LogP contribution < -0.4 is 4.90 Å². The number of carbonyl (C=O) groups is 2. The first-order chi connectivity index (χ1) is 9.52. The molecule has 0 saturated carbocycles. The summed E-state index contributed by atoms with van der Waals surface area (Å²) in [6, 6.07) is 7.26. The Morgan fingerprint density at radius 3 is 2.40 bits per heavy atom. The van der Waals surface area contributed by atoms with Gasteiger partial charge < -0.3 is 19.6 Å². The van der Waals surface area contributed by atoms with Gasteiger partial charge in [0, 0.05) is 31.4 Å². The van der Waals surface area contributed by atoms with Gasteiger partial charge in [-0.2, -0.15) is 0 Å². The maximum absolute atomic E-state index is 11.4. The van der Waals surface area contributed by atoms with Crippen LogP contribution in [0.3, 0.4) is 0 Å².